The maximum atomic E-state index is 5.36. The highest BCUT2D eigenvalue weighted by atomic mass is 35.5. The van der Waals surface area contributed by atoms with E-state index in [1.54, 1.807) is 7.11 Å². The summed E-state index contributed by atoms with van der Waals surface area (Å²) in [6.07, 6.45) is 8.89. The minimum Gasteiger partial charge on any atom is -1.00 e. The number of piperidine rings is 1. The van der Waals surface area contributed by atoms with Crippen molar-refractivity contribution in [3.05, 3.63) is 48.7 Å². The highest BCUT2D eigenvalue weighted by Crippen LogP contribution is 2.27. The molecule has 2 aromatic rings. The first-order chi connectivity index (χ1) is 11.3. The van der Waals surface area contributed by atoms with Gasteiger partial charge in [-0.05, 0) is 73.9 Å². The second-order valence-electron chi connectivity index (χ2n) is 6.40. The van der Waals surface area contributed by atoms with Gasteiger partial charge < -0.3 is 34.9 Å². The van der Waals surface area contributed by atoms with Crippen molar-refractivity contribution in [1.82, 2.24) is 10.3 Å². The summed E-state index contributed by atoms with van der Waals surface area (Å²) < 4.78 is 5.36. The number of aromatic nitrogens is 1. The molecule has 0 saturated carbocycles. The summed E-state index contributed by atoms with van der Waals surface area (Å²) in [6, 6.07) is 8.27. The van der Waals surface area contributed by atoms with Gasteiger partial charge in [0.25, 0.3) is 0 Å². The Morgan fingerprint density at radius 3 is 2.96 bits per heavy atom. The second kappa shape index (κ2) is 10.6. The van der Waals surface area contributed by atoms with Crippen LogP contribution in [0, 0.1) is 11.8 Å². The third kappa shape index (κ3) is 5.34. The largest absolute Gasteiger partial charge is 1.00 e. The molecule has 1 aliphatic heterocycles. The summed E-state index contributed by atoms with van der Waals surface area (Å²) in [7, 11) is 1.71. The zero-order valence-corrected chi connectivity index (χ0v) is 16.2. The molecule has 138 valence electrons. The molecule has 0 bridgehead atoms. The zero-order valence-electron chi connectivity index (χ0n) is 16.7. The molecule has 0 aliphatic carbocycles. The number of aryl methyl sites for hydroxylation is 1. The highest BCUT2D eigenvalue weighted by molar-refractivity contribution is 5.83. The van der Waals surface area contributed by atoms with Gasteiger partial charge in [-0.3, -0.25) is 4.98 Å². The van der Waals surface area contributed by atoms with Crippen molar-refractivity contribution in [1.29, 1.82) is 0 Å². The lowest BCUT2D eigenvalue weighted by atomic mass is 9.82. The number of hydrogen-bond acceptors (Lipinski definition) is 3. The fraction of sp³-hybridized carbons (Fsp3) is 0.450. The van der Waals surface area contributed by atoms with E-state index < -0.39 is 0 Å². The molecule has 3 nitrogen and oxygen atoms in total. The molecule has 1 aliphatic rings. The van der Waals surface area contributed by atoms with Crippen LogP contribution in [0.5, 0.6) is 5.75 Å². The van der Waals surface area contributed by atoms with Crippen LogP contribution in [-0.2, 0) is 6.42 Å². The van der Waals surface area contributed by atoms with Gasteiger partial charge >= 0.3 is 2.85 Å². The molecule has 1 saturated heterocycles. The molecule has 3 rings (SSSR count). The van der Waals surface area contributed by atoms with E-state index in [1.807, 2.05) is 18.3 Å². The van der Waals surface area contributed by atoms with E-state index >= 15 is 0 Å². The van der Waals surface area contributed by atoms with Crippen molar-refractivity contribution in [3.8, 4) is 5.75 Å². The predicted octanol–water partition coefficient (Wildman–Crippen LogP) is -1.79. The van der Waals surface area contributed by atoms with Gasteiger partial charge in [0.05, 0.1) is 12.6 Å². The van der Waals surface area contributed by atoms with Crippen LogP contribution in [0.2, 0.25) is 0 Å². The Balaban J connectivity index is 0. The summed E-state index contributed by atoms with van der Waals surface area (Å²) in [5, 5.41) is 4.69. The van der Waals surface area contributed by atoms with Crippen molar-refractivity contribution >= 4 is 10.9 Å². The van der Waals surface area contributed by atoms with E-state index in [1.165, 1.54) is 30.2 Å². The van der Waals surface area contributed by atoms with Crippen LogP contribution in [0.15, 0.2) is 43.1 Å². The smallest absolute Gasteiger partial charge is 1.00 e. The number of hydrogen-bond donors (Lipinski definition) is 1. The van der Waals surface area contributed by atoms with Gasteiger partial charge in [0.15, 0.2) is 0 Å². The number of benzene rings is 1. The predicted molar refractivity (Wildman–Crippen MR) is 98.1 cm³/mol. The fourth-order valence-electron chi connectivity index (χ4n) is 3.65. The van der Waals surface area contributed by atoms with Gasteiger partial charge in [-0.1, -0.05) is 6.08 Å². The van der Waals surface area contributed by atoms with Crippen LogP contribution in [0.4, 0.5) is 0 Å². The van der Waals surface area contributed by atoms with Crippen LogP contribution >= 0.6 is 0 Å². The molecule has 2 atom stereocenters. The number of rotatable bonds is 6. The first-order valence-corrected chi connectivity index (χ1v) is 8.56. The summed E-state index contributed by atoms with van der Waals surface area (Å²) in [4.78, 5) is 4.46. The average Bonchev–Trinajstić information content (AvgIpc) is 2.62. The van der Waals surface area contributed by atoms with E-state index in [2.05, 4.69) is 35.1 Å². The first kappa shape index (κ1) is 21.8. The Morgan fingerprint density at radius 2 is 2.20 bits per heavy atom. The molecule has 0 unspecified atom stereocenters. The molecular formula is C20H28Cl2N2O. The third-order valence-electron chi connectivity index (χ3n) is 5.04. The molecule has 0 radical (unpaired) electrons. The molecule has 1 N–H and O–H groups in total. The Hall–Kier alpha value is -1.29. The molecular weight excluding hydrogens is 355 g/mol. The van der Waals surface area contributed by atoms with Crippen molar-refractivity contribution in [2.75, 3.05) is 20.2 Å². The molecule has 2 heterocycles. The standard InChI is InChI=1S/C20H26N2O.2ClH/c1-3-15-14-21-11-9-16(15)5-4-6-17-10-12-22-20-8-7-18(23-2)13-19(17)20;;/h3,7-8,10,12-13,15-16,21H,1,4-6,9,11,14H2,2H3;2*1H/t15-,16+;;/m0../s1. The number of pyridine rings is 1. The molecule has 0 amide bonds. The van der Waals surface area contributed by atoms with E-state index in [4.69, 9.17) is 4.74 Å². The Labute approximate surface area is 166 Å². The van der Waals surface area contributed by atoms with Crippen molar-refractivity contribution in [2.45, 2.75) is 25.7 Å². The maximum absolute atomic E-state index is 5.36. The van der Waals surface area contributed by atoms with Gasteiger partial charge in [0, 0.05) is 18.1 Å². The third-order valence-corrected chi connectivity index (χ3v) is 5.04. The van der Waals surface area contributed by atoms with Crippen LogP contribution < -0.4 is 34.9 Å². The molecule has 1 aromatic heterocycles. The molecule has 0 spiro atoms. The van der Waals surface area contributed by atoms with Crippen LogP contribution in [0.1, 0.15) is 27.7 Å². The molecule has 1 fully saturated rings. The van der Waals surface area contributed by atoms with Crippen molar-refractivity contribution < 1.29 is 32.4 Å². The highest BCUT2D eigenvalue weighted by Gasteiger charge is 2.21. The molecule has 5 heteroatoms. The van der Waals surface area contributed by atoms with Crippen molar-refractivity contribution in [3.63, 3.8) is 0 Å². The lowest BCUT2D eigenvalue weighted by molar-refractivity contribution is -0.001000. The Morgan fingerprint density at radius 1 is 1.36 bits per heavy atom. The van der Waals surface area contributed by atoms with Crippen LogP contribution in [0.25, 0.3) is 10.9 Å². The van der Waals surface area contributed by atoms with Crippen LogP contribution in [-0.4, -0.2) is 25.2 Å². The second-order valence-corrected chi connectivity index (χ2v) is 6.40. The zero-order chi connectivity index (χ0) is 16.1. The number of methoxy groups -OCH3 is 1. The van der Waals surface area contributed by atoms with E-state index in [9.17, 15) is 0 Å². The number of nitrogens with one attached hydrogen (secondary N) is 1. The van der Waals surface area contributed by atoms with Crippen molar-refractivity contribution in [2.24, 2.45) is 11.8 Å². The normalized spacial score (nSPS) is 19.6. The minimum atomic E-state index is 0. The summed E-state index contributed by atoms with van der Waals surface area (Å²) >= 11 is 0. The summed E-state index contributed by atoms with van der Waals surface area (Å²) in [6.45, 7) is 6.23. The topological polar surface area (TPSA) is 34.2 Å². The number of fused-ring (bicyclic) bond motifs is 1. The maximum Gasteiger partial charge on any atom is 1.00 e. The van der Waals surface area contributed by atoms with Gasteiger partial charge in [0.1, 0.15) is 5.75 Å². The lowest BCUT2D eigenvalue weighted by Crippen LogP contribution is -3.00. The van der Waals surface area contributed by atoms with E-state index in [0.29, 0.717) is 5.92 Å². The Bertz CT molecular complexity index is 688. The number of ether oxygens (including phenoxy) is 1. The van der Waals surface area contributed by atoms with Gasteiger partial charge in [0.2, 0.25) is 0 Å². The average molecular weight is 383 g/mol. The number of nitrogens with zero attached hydrogens (tertiary/aromatic N) is 1. The van der Waals surface area contributed by atoms with E-state index in [0.717, 1.165) is 36.7 Å². The fourth-order valence-corrected chi connectivity index (χ4v) is 3.65. The lowest BCUT2D eigenvalue weighted by Gasteiger charge is -2.30. The van der Waals surface area contributed by atoms with Gasteiger partial charge in [-0.15, -0.1) is 6.58 Å². The van der Waals surface area contributed by atoms with Gasteiger partial charge in [-0.25, -0.2) is 0 Å². The summed E-state index contributed by atoms with van der Waals surface area (Å²) in [5.41, 5.74) is 2.42. The van der Waals surface area contributed by atoms with E-state index in [-0.39, 0.29) is 27.7 Å². The Kier molecular flexibility index (Phi) is 9.26. The minimum absolute atomic E-state index is 0. The first-order valence-electron chi connectivity index (χ1n) is 8.56. The molecule has 25 heavy (non-hydrogen) atoms. The number of halogens is 2. The van der Waals surface area contributed by atoms with Crippen LogP contribution in [0.3, 0.4) is 0 Å². The van der Waals surface area contributed by atoms with Gasteiger partial charge in [-0.2, -0.15) is 0 Å². The quantitative estimate of drug-likeness (QED) is 0.599. The SMILES string of the molecule is C=C[C@H]1CNCC[C@H]1CCCc1ccnc2ccc(OC)cc12.[Cl-].[Cl-].[H+].[H+]. The monoisotopic (exact) mass is 382 g/mol. The molecule has 1 aromatic carbocycles. The summed E-state index contributed by atoms with van der Waals surface area (Å²) in [5.74, 6) is 2.30.